The fourth-order valence-electron chi connectivity index (χ4n) is 3.15. The van der Waals surface area contributed by atoms with E-state index in [0.717, 1.165) is 32.6 Å². The van der Waals surface area contributed by atoms with E-state index in [1.54, 1.807) is 28.6 Å². The highest BCUT2D eigenvalue weighted by atomic mass is 32.2. The summed E-state index contributed by atoms with van der Waals surface area (Å²) in [5.41, 5.74) is 5.62. The first kappa shape index (κ1) is 21.5. The Bertz CT molecular complexity index is 1240. The first-order valence-corrected chi connectivity index (χ1v) is 12.0. The van der Waals surface area contributed by atoms with Crippen molar-refractivity contribution in [1.82, 2.24) is 9.78 Å². The predicted octanol–water partition coefficient (Wildman–Crippen LogP) is 6.82. The molecule has 4 rings (SSSR count). The van der Waals surface area contributed by atoms with E-state index in [1.165, 1.54) is 16.9 Å². The number of benzene rings is 3. The topological polar surface area (TPSA) is 46.9 Å². The second kappa shape index (κ2) is 9.60. The van der Waals surface area contributed by atoms with Gasteiger partial charge in [0.1, 0.15) is 0 Å². The maximum Gasteiger partial charge on any atom is 0.255 e. The largest absolute Gasteiger partial charge is 0.322 e. The van der Waals surface area contributed by atoms with Gasteiger partial charge < -0.3 is 5.32 Å². The van der Waals surface area contributed by atoms with Crippen LogP contribution in [0.2, 0.25) is 0 Å². The van der Waals surface area contributed by atoms with Gasteiger partial charge in [0.05, 0.1) is 5.69 Å². The van der Waals surface area contributed by atoms with Crippen LogP contribution in [0.1, 0.15) is 27.0 Å². The molecule has 0 aliphatic carbocycles. The number of hydrogen-bond donors (Lipinski definition) is 1. The Morgan fingerprint density at radius 3 is 2.35 bits per heavy atom. The summed E-state index contributed by atoms with van der Waals surface area (Å²) in [4.78, 5) is 12.7. The molecule has 1 amide bonds. The third kappa shape index (κ3) is 5.12. The van der Waals surface area contributed by atoms with Gasteiger partial charge in [-0.2, -0.15) is 0 Å². The monoisotopic (exact) mass is 463 g/mol. The minimum absolute atomic E-state index is 0.134. The third-order valence-electron chi connectivity index (χ3n) is 4.83. The minimum Gasteiger partial charge on any atom is -0.322 e. The molecule has 0 saturated carbocycles. The van der Waals surface area contributed by atoms with Crippen molar-refractivity contribution in [3.8, 4) is 5.69 Å². The molecule has 7 heteroatoms. The van der Waals surface area contributed by atoms with Gasteiger partial charge in [-0.1, -0.05) is 71.6 Å². The number of amides is 1. The number of nitrogens with zero attached hydrogens (tertiary/aromatic N) is 2. The van der Waals surface area contributed by atoms with Gasteiger partial charge in [-0.25, -0.2) is 4.68 Å². The molecule has 0 unspecified atom stereocenters. The fraction of sp³-hybridized carbons (Fsp3) is 0.125. The predicted molar refractivity (Wildman–Crippen MR) is 132 cm³/mol. The summed E-state index contributed by atoms with van der Waals surface area (Å²) in [6.07, 6.45) is 0. The van der Waals surface area contributed by atoms with Gasteiger partial charge in [0, 0.05) is 17.0 Å². The second-order valence-corrected chi connectivity index (χ2v) is 9.93. The van der Waals surface area contributed by atoms with Crippen LogP contribution < -0.4 is 5.32 Å². The van der Waals surface area contributed by atoms with Crippen molar-refractivity contribution in [2.75, 3.05) is 5.32 Å². The second-order valence-electron chi connectivity index (χ2n) is 7.09. The summed E-state index contributed by atoms with van der Waals surface area (Å²) in [5, 5.41) is 7.67. The number of rotatable bonds is 6. The van der Waals surface area contributed by atoms with Gasteiger partial charge in [-0.3, -0.25) is 4.79 Å². The number of carbonyl (C=O) groups excluding carboxylic acids is 1. The molecule has 1 aromatic heterocycles. The maximum atomic E-state index is 12.7. The van der Waals surface area contributed by atoms with E-state index in [4.69, 9.17) is 12.2 Å². The highest BCUT2D eigenvalue weighted by Gasteiger charge is 2.11. The Kier molecular flexibility index (Phi) is 6.65. The number of nitrogens with one attached hydrogen (secondary N) is 1. The van der Waals surface area contributed by atoms with Crippen molar-refractivity contribution in [2.45, 2.75) is 23.9 Å². The van der Waals surface area contributed by atoms with Crippen molar-refractivity contribution >= 4 is 46.9 Å². The van der Waals surface area contributed by atoms with Crippen molar-refractivity contribution < 1.29 is 4.79 Å². The van der Waals surface area contributed by atoms with Gasteiger partial charge in [0.15, 0.2) is 8.29 Å². The Morgan fingerprint density at radius 1 is 1.00 bits per heavy atom. The zero-order valence-electron chi connectivity index (χ0n) is 17.2. The van der Waals surface area contributed by atoms with E-state index in [9.17, 15) is 4.79 Å². The molecule has 0 radical (unpaired) electrons. The summed E-state index contributed by atoms with van der Waals surface area (Å²) in [5.74, 6) is 0.713. The van der Waals surface area contributed by atoms with Crippen LogP contribution in [0.3, 0.4) is 0 Å². The molecule has 156 valence electrons. The quantitative estimate of drug-likeness (QED) is 0.252. The average molecular weight is 464 g/mol. The van der Waals surface area contributed by atoms with E-state index in [0.29, 0.717) is 9.52 Å². The molecule has 0 aliphatic rings. The summed E-state index contributed by atoms with van der Waals surface area (Å²) < 4.78 is 3.36. The van der Waals surface area contributed by atoms with Gasteiger partial charge >= 0.3 is 0 Å². The molecule has 3 aromatic carbocycles. The van der Waals surface area contributed by atoms with E-state index in [1.807, 2.05) is 62.4 Å². The summed E-state index contributed by atoms with van der Waals surface area (Å²) in [6.45, 7) is 3.98. The van der Waals surface area contributed by atoms with E-state index >= 15 is 0 Å². The Morgan fingerprint density at radius 2 is 1.68 bits per heavy atom. The molecule has 31 heavy (non-hydrogen) atoms. The molecule has 0 atom stereocenters. The Hall–Kier alpha value is -2.74. The molecule has 4 nitrogen and oxygen atoms in total. The first-order valence-electron chi connectivity index (χ1n) is 9.76. The van der Waals surface area contributed by atoms with Crippen LogP contribution in [0.15, 0.2) is 77.1 Å². The number of carbonyl (C=O) groups is 1. The molecule has 0 bridgehead atoms. The third-order valence-corrected chi connectivity index (χ3v) is 7.26. The lowest BCUT2D eigenvalue weighted by Gasteiger charge is -2.11. The van der Waals surface area contributed by atoms with Crippen LogP contribution in [0.25, 0.3) is 5.69 Å². The number of para-hydroxylation sites is 1. The van der Waals surface area contributed by atoms with Gasteiger partial charge in [-0.15, -0.1) is 5.10 Å². The minimum atomic E-state index is -0.134. The molecular weight excluding hydrogens is 442 g/mol. The Labute approximate surface area is 195 Å². The van der Waals surface area contributed by atoms with Crippen LogP contribution in [-0.2, 0) is 5.75 Å². The van der Waals surface area contributed by atoms with E-state index < -0.39 is 0 Å². The first-order chi connectivity index (χ1) is 15.0. The summed E-state index contributed by atoms with van der Waals surface area (Å²) in [6, 6.07) is 23.6. The summed E-state index contributed by atoms with van der Waals surface area (Å²) in [7, 11) is 0. The zero-order chi connectivity index (χ0) is 21.8. The number of aromatic nitrogens is 2. The van der Waals surface area contributed by atoms with E-state index in [-0.39, 0.29) is 5.91 Å². The molecule has 4 aromatic rings. The van der Waals surface area contributed by atoms with Gasteiger partial charge in [0.2, 0.25) is 0 Å². The highest BCUT2D eigenvalue weighted by Crippen LogP contribution is 2.27. The lowest BCUT2D eigenvalue weighted by atomic mass is 10.1. The van der Waals surface area contributed by atoms with Gasteiger partial charge in [0.25, 0.3) is 5.91 Å². The number of hydrogen-bond acceptors (Lipinski definition) is 5. The molecule has 0 fully saturated rings. The van der Waals surface area contributed by atoms with Crippen LogP contribution in [0.5, 0.6) is 0 Å². The SMILES string of the molecule is Cc1cccc(C)c1NC(=O)c1ccc(-n2nc(SCc3ccccc3)sc2=S)cc1. The van der Waals surface area contributed by atoms with Crippen LogP contribution in [-0.4, -0.2) is 15.7 Å². The smallest absolute Gasteiger partial charge is 0.255 e. The zero-order valence-corrected chi connectivity index (χ0v) is 19.6. The standard InChI is InChI=1S/C24H21N3OS3/c1-16-7-6-8-17(2)21(16)25-22(28)19-11-13-20(14-12-19)27-24(29)31-23(26-27)30-15-18-9-4-3-5-10-18/h3-14H,15H2,1-2H3,(H,25,28). The van der Waals surface area contributed by atoms with Crippen LogP contribution in [0.4, 0.5) is 5.69 Å². The lowest BCUT2D eigenvalue weighted by Crippen LogP contribution is -2.13. The number of anilines is 1. The normalized spacial score (nSPS) is 10.8. The van der Waals surface area contributed by atoms with Crippen molar-refractivity contribution in [1.29, 1.82) is 0 Å². The van der Waals surface area contributed by atoms with E-state index in [2.05, 4.69) is 22.5 Å². The fourth-order valence-corrected chi connectivity index (χ4v) is 5.47. The van der Waals surface area contributed by atoms with Gasteiger partial charge in [-0.05, 0) is 67.0 Å². The molecule has 0 aliphatic heterocycles. The lowest BCUT2D eigenvalue weighted by molar-refractivity contribution is 0.102. The maximum absolute atomic E-state index is 12.7. The van der Waals surface area contributed by atoms with Crippen molar-refractivity contribution in [3.63, 3.8) is 0 Å². The summed E-state index contributed by atoms with van der Waals surface area (Å²) >= 11 is 8.68. The average Bonchev–Trinajstić information content (AvgIpc) is 3.16. The molecule has 0 saturated heterocycles. The molecule has 1 N–H and O–H groups in total. The highest BCUT2D eigenvalue weighted by molar-refractivity contribution is 8.00. The van der Waals surface area contributed by atoms with Crippen LogP contribution >= 0.6 is 35.3 Å². The molecular formula is C24H21N3OS3. The van der Waals surface area contributed by atoms with Crippen molar-refractivity contribution in [3.05, 3.63) is 99.0 Å². The number of aryl methyl sites for hydroxylation is 2. The van der Waals surface area contributed by atoms with Crippen LogP contribution in [0, 0.1) is 17.8 Å². The molecule has 1 heterocycles. The van der Waals surface area contributed by atoms with Crippen molar-refractivity contribution in [2.24, 2.45) is 0 Å². The number of thioether (sulfide) groups is 1. The Balaban J connectivity index is 1.47. The molecule has 0 spiro atoms.